The first kappa shape index (κ1) is 33.5. The molecule has 1 amide bonds. The van der Waals surface area contributed by atoms with Crippen molar-refractivity contribution in [3.05, 3.63) is 119 Å². The smallest absolute Gasteiger partial charge is 0.265 e. The van der Waals surface area contributed by atoms with Crippen molar-refractivity contribution in [2.75, 3.05) is 37.6 Å². The van der Waals surface area contributed by atoms with Crippen molar-refractivity contribution < 1.29 is 9.53 Å². The third-order valence-corrected chi connectivity index (χ3v) is 11.8. The van der Waals surface area contributed by atoms with Crippen molar-refractivity contribution in [3.63, 3.8) is 0 Å². The largest absolute Gasteiger partial charge is 0.455 e. The van der Waals surface area contributed by atoms with Crippen LogP contribution in [0.5, 0.6) is 11.5 Å². The lowest BCUT2D eigenvalue weighted by molar-refractivity contribution is 0.0982. The van der Waals surface area contributed by atoms with Crippen LogP contribution in [0.2, 0.25) is 5.02 Å². The van der Waals surface area contributed by atoms with Crippen molar-refractivity contribution in [1.29, 1.82) is 0 Å². The van der Waals surface area contributed by atoms with Gasteiger partial charge in [-0.2, -0.15) is 0 Å². The summed E-state index contributed by atoms with van der Waals surface area (Å²) in [5.74, 6) is 3.42. The summed E-state index contributed by atoms with van der Waals surface area (Å²) in [6, 6.07) is 25.7. The molecule has 1 aliphatic heterocycles. The van der Waals surface area contributed by atoms with Crippen LogP contribution < -0.4 is 14.4 Å². The first-order chi connectivity index (χ1) is 24.9. The van der Waals surface area contributed by atoms with Crippen molar-refractivity contribution in [2.24, 2.45) is 5.41 Å². The van der Waals surface area contributed by atoms with Crippen LogP contribution in [-0.2, 0) is 0 Å². The van der Waals surface area contributed by atoms with Gasteiger partial charge in [-0.25, -0.2) is 4.98 Å². The molecular formula is C42H40ClN5O2S. The molecule has 5 aromatic rings. The van der Waals surface area contributed by atoms with E-state index in [1.165, 1.54) is 56.0 Å². The maximum atomic E-state index is 13.6. The van der Waals surface area contributed by atoms with Gasteiger partial charge in [0, 0.05) is 71.5 Å². The van der Waals surface area contributed by atoms with E-state index in [1.807, 2.05) is 72.9 Å². The summed E-state index contributed by atoms with van der Waals surface area (Å²) < 4.78 is 9.39. The van der Waals surface area contributed by atoms with E-state index in [9.17, 15) is 4.79 Å². The average molecular weight is 714 g/mol. The number of halogens is 1. The van der Waals surface area contributed by atoms with Gasteiger partial charge in [0.1, 0.15) is 17.1 Å². The molecule has 51 heavy (non-hydrogen) atoms. The molecular weight excluding hydrogens is 674 g/mol. The van der Waals surface area contributed by atoms with Gasteiger partial charge in [0.05, 0.1) is 11.8 Å². The molecule has 2 aliphatic carbocycles. The van der Waals surface area contributed by atoms with E-state index in [1.54, 1.807) is 17.3 Å². The number of anilines is 1. The third kappa shape index (κ3) is 7.38. The highest BCUT2D eigenvalue weighted by Gasteiger charge is 2.40. The Kier molecular flexibility index (Phi) is 9.52. The fraction of sp³-hybridized carbons (Fsp3) is 0.286. The standard InChI is InChI=1S/C42H40ClN5O2S/c1-2-29-4-11-36(12-5-29)51-46-41(49)37-13-10-34(25-39(37)50-35-24-31-15-19-44-40(31)45-27-35)48-22-20-47(21-23-48)28-32-14-18-42(16-3-17-42)26-38(32)30-6-8-33(43)9-7-30/h1,4-13,15,19,24-25,27H,3,14,16-18,20-23,26,28H2,(H,44,45)(H,46,49). The minimum absolute atomic E-state index is 0.246. The van der Waals surface area contributed by atoms with Crippen LogP contribution in [0, 0.1) is 17.8 Å². The minimum atomic E-state index is -0.246. The lowest BCUT2D eigenvalue weighted by Crippen LogP contribution is -2.47. The molecule has 2 fully saturated rings. The summed E-state index contributed by atoms with van der Waals surface area (Å²) >= 11 is 7.52. The lowest BCUT2D eigenvalue weighted by atomic mass is 9.59. The van der Waals surface area contributed by atoms with E-state index in [0.717, 1.165) is 64.9 Å². The van der Waals surface area contributed by atoms with Crippen LogP contribution in [0.4, 0.5) is 5.69 Å². The van der Waals surface area contributed by atoms with Gasteiger partial charge >= 0.3 is 0 Å². The number of aromatic amines is 1. The van der Waals surface area contributed by atoms with Crippen LogP contribution >= 0.6 is 23.5 Å². The highest BCUT2D eigenvalue weighted by molar-refractivity contribution is 7.98. The van der Waals surface area contributed by atoms with Crippen molar-refractivity contribution >= 4 is 51.7 Å². The maximum Gasteiger partial charge on any atom is 0.265 e. The number of fused-ring (bicyclic) bond motifs is 1. The first-order valence-corrected chi connectivity index (χ1v) is 18.9. The topological polar surface area (TPSA) is 73.5 Å². The zero-order valence-electron chi connectivity index (χ0n) is 28.5. The Hall–Kier alpha value is -4.68. The number of hydrogen-bond donors (Lipinski definition) is 2. The predicted octanol–water partition coefficient (Wildman–Crippen LogP) is 9.36. The van der Waals surface area contributed by atoms with Gasteiger partial charge in [-0.1, -0.05) is 41.6 Å². The SMILES string of the molecule is C#Cc1ccc(SNC(=O)c2ccc(N3CCN(CC4=C(c5ccc(Cl)cc5)CC5(CCC5)CC4)CC3)cc2Oc2cnc3[nH]ccc3c2)cc1. The number of amides is 1. The lowest BCUT2D eigenvalue weighted by Gasteiger charge is -2.47. The summed E-state index contributed by atoms with van der Waals surface area (Å²) in [4.78, 5) is 27.0. The molecule has 0 radical (unpaired) electrons. The highest BCUT2D eigenvalue weighted by atomic mass is 35.5. The zero-order valence-corrected chi connectivity index (χ0v) is 30.0. The fourth-order valence-electron chi connectivity index (χ4n) is 7.69. The zero-order chi connectivity index (χ0) is 34.8. The molecule has 9 heteroatoms. The second kappa shape index (κ2) is 14.5. The van der Waals surface area contributed by atoms with Gasteiger partial charge in [-0.15, -0.1) is 6.42 Å². The average Bonchev–Trinajstić information content (AvgIpc) is 3.62. The van der Waals surface area contributed by atoms with Gasteiger partial charge in [0.15, 0.2) is 0 Å². The Morgan fingerprint density at radius 2 is 1.80 bits per heavy atom. The number of ether oxygens (including phenoxy) is 1. The number of pyridine rings is 1. The molecule has 2 aromatic heterocycles. The number of terminal acetylenes is 1. The molecule has 3 heterocycles. The number of piperazine rings is 1. The predicted molar refractivity (Wildman–Crippen MR) is 207 cm³/mol. The number of carbonyl (C=O) groups is 1. The molecule has 3 aliphatic rings. The van der Waals surface area contributed by atoms with E-state index in [4.69, 9.17) is 22.8 Å². The van der Waals surface area contributed by atoms with E-state index < -0.39 is 0 Å². The van der Waals surface area contributed by atoms with E-state index >= 15 is 0 Å². The van der Waals surface area contributed by atoms with Gasteiger partial charge in [-0.3, -0.25) is 14.4 Å². The van der Waals surface area contributed by atoms with Crippen LogP contribution in [0.25, 0.3) is 16.6 Å². The van der Waals surface area contributed by atoms with E-state index in [0.29, 0.717) is 22.5 Å². The molecule has 1 saturated carbocycles. The Balaban J connectivity index is 0.986. The molecule has 0 unspecified atom stereocenters. The van der Waals surface area contributed by atoms with Gasteiger partial charge in [0.2, 0.25) is 0 Å². The Labute approximate surface area is 308 Å². The molecule has 1 saturated heterocycles. The maximum absolute atomic E-state index is 13.6. The number of nitrogens with zero attached hydrogens (tertiary/aromatic N) is 3. The Bertz CT molecular complexity index is 2120. The van der Waals surface area contributed by atoms with E-state index in [2.05, 4.69) is 42.5 Å². The number of rotatable bonds is 9. The summed E-state index contributed by atoms with van der Waals surface area (Å²) in [6.45, 7) is 4.71. The molecule has 2 N–H and O–H groups in total. The number of aromatic nitrogens is 2. The quantitative estimate of drug-likeness (QED) is 0.117. The summed E-state index contributed by atoms with van der Waals surface area (Å²) in [7, 11) is 0. The second-order valence-electron chi connectivity index (χ2n) is 14.0. The monoisotopic (exact) mass is 713 g/mol. The van der Waals surface area contributed by atoms with Crippen LogP contribution in [0.1, 0.15) is 60.0 Å². The van der Waals surface area contributed by atoms with Crippen LogP contribution in [-0.4, -0.2) is 53.5 Å². The highest BCUT2D eigenvalue weighted by Crippen LogP contribution is 2.55. The molecule has 8 rings (SSSR count). The number of hydrogen-bond acceptors (Lipinski definition) is 6. The van der Waals surface area contributed by atoms with Gasteiger partial charge in [0.25, 0.3) is 5.91 Å². The summed E-state index contributed by atoms with van der Waals surface area (Å²) in [6.07, 6.45) is 16.8. The Morgan fingerprint density at radius 3 is 2.55 bits per heavy atom. The van der Waals surface area contributed by atoms with Crippen molar-refractivity contribution in [1.82, 2.24) is 19.6 Å². The molecule has 0 atom stereocenters. The number of benzene rings is 3. The molecule has 0 bridgehead atoms. The minimum Gasteiger partial charge on any atom is -0.455 e. The van der Waals surface area contributed by atoms with E-state index in [-0.39, 0.29) is 5.91 Å². The van der Waals surface area contributed by atoms with Crippen molar-refractivity contribution in [3.8, 4) is 23.8 Å². The number of nitrogens with one attached hydrogen (secondary N) is 2. The fourth-order valence-corrected chi connectivity index (χ4v) is 8.40. The Morgan fingerprint density at radius 1 is 1.00 bits per heavy atom. The van der Waals surface area contributed by atoms with Crippen molar-refractivity contribution in [2.45, 2.75) is 43.4 Å². The van der Waals surface area contributed by atoms with Crippen LogP contribution in [0.3, 0.4) is 0 Å². The van der Waals surface area contributed by atoms with Gasteiger partial charge < -0.3 is 14.6 Å². The third-order valence-electron chi connectivity index (χ3n) is 10.8. The molecule has 1 spiro atoms. The number of carbonyl (C=O) groups excluding carboxylic acids is 1. The molecule has 7 nitrogen and oxygen atoms in total. The molecule has 258 valence electrons. The summed E-state index contributed by atoms with van der Waals surface area (Å²) in [5, 5.41) is 1.73. The molecule has 3 aromatic carbocycles. The second-order valence-corrected chi connectivity index (χ2v) is 15.3. The number of allylic oxidation sites excluding steroid dienone is 1. The van der Waals surface area contributed by atoms with Crippen LogP contribution in [0.15, 0.2) is 102 Å². The normalized spacial score (nSPS) is 17.3. The first-order valence-electron chi connectivity index (χ1n) is 17.7. The van der Waals surface area contributed by atoms with Gasteiger partial charge in [-0.05, 0) is 121 Å². The summed E-state index contributed by atoms with van der Waals surface area (Å²) in [5.41, 5.74) is 8.03. The number of H-pyrrole nitrogens is 1.